The van der Waals surface area contributed by atoms with E-state index in [-0.39, 0.29) is 0 Å². The van der Waals surface area contributed by atoms with Gasteiger partial charge in [-0.05, 0) is 37.2 Å². The molecule has 1 atom stereocenters. The molecule has 1 aromatic carbocycles. The summed E-state index contributed by atoms with van der Waals surface area (Å²) in [7, 11) is 3.72. The van der Waals surface area contributed by atoms with E-state index in [1.165, 1.54) is 20.9 Å². The Morgan fingerprint density at radius 3 is 2.72 bits per heavy atom. The lowest BCUT2D eigenvalue weighted by Gasteiger charge is -2.08. The summed E-state index contributed by atoms with van der Waals surface area (Å²) in [4.78, 5) is 2.67. The highest BCUT2D eigenvalue weighted by Crippen LogP contribution is 2.33. The average molecular weight is 261 g/mol. The summed E-state index contributed by atoms with van der Waals surface area (Å²) < 4.78 is 5.26. The Labute approximate surface area is 113 Å². The summed E-state index contributed by atoms with van der Waals surface area (Å²) >= 11 is 1.84. The molecule has 0 amide bonds. The van der Waals surface area contributed by atoms with Gasteiger partial charge in [0.15, 0.2) is 0 Å². The molecule has 2 aromatic rings. The Bertz CT molecular complexity index is 507. The molecule has 0 aliphatic heterocycles. The maximum atomic E-state index is 5.26. The van der Waals surface area contributed by atoms with Gasteiger partial charge in [0.2, 0.25) is 0 Å². The van der Waals surface area contributed by atoms with Crippen LogP contribution in [-0.2, 0) is 11.3 Å². The first-order chi connectivity index (χ1) is 8.76. The minimum absolute atomic E-state index is 0.401. The van der Waals surface area contributed by atoms with Crippen LogP contribution in [0.15, 0.2) is 36.4 Å². The van der Waals surface area contributed by atoms with E-state index in [1.807, 2.05) is 18.4 Å². The number of methoxy groups -OCH3 is 1. The second kappa shape index (κ2) is 6.14. The highest BCUT2D eigenvalue weighted by atomic mass is 32.1. The minimum Gasteiger partial charge on any atom is -0.380 e. The monoisotopic (exact) mass is 261 g/mol. The molecule has 0 aliphatic rings. The van der Waals surface area contributed by atoms with Gasteiger partial charge in [-0.1, -0.05) is 24.3 Å². The summed E-state index contributed by atoms with van der Waals surface area (Å²) in [6, 6.07) is 13.2. The van der Waals surface area contributed by atoms with Crippen molar-refractivity contribution in [2.45, 2.75) is 19.6 Å². The first-order valence-electron chi connectivity index (χ1n) is 6.10. The second-order valence-electron chi connectivity index (χ2n) is 4.30. The van der Waals surface area contributed by atoms with Gasteiger partial charge in [0, 0.05) is 22.9 Å². The lowest BCUT2D eigenvalue weighted by atomic mass is 10.1. The van der Waals surface area contributed by atoms with Crippen molar-refractivity contribution in [3.8, 4) is 10.4 Å². The molecule has 0 bridgehead atoms. The number of hydrogen-bond acceptors (Lipinski definition) is 3. The molecule has 18 heavy (non-hydrogen) atoms. The van der Waals surface area contributed by atoms with Crippen LogP contribution >= 0.6 is 11.3 Å². The van der Waals surface area contributed by atoms with Crippen molar-refractivity contribution in [3.63, 3.8) is 0 Å². The molecule has 0 radical (unpaired) electrons. The van der Waals surface area contributed by atoms with Gasteiger partial charge in [0.1, 0.15) is 0 Å². The maximum Gasteiger partial charge on any atom is 0.0719 e. The van der Waals surface area contributed by atoms with E-state index in [0.717, 1.165) is 0 Å². The fraction of sp³-hybridized carbons (Fsp3) is 0.333. The van der Waals surface area contributed by atoms with Crippen LogP contribution in [0.1, 0.15) is 23.4 Å². The zero-order valence-electron chi connectivity index (χ0n) is 11.1. The first kappa shape index (κ1) is 13.3. The molecule has 0 spiro atoms. The molecule has 1 aromatic heterocycles. The van der Waals surface area contributed by atoms with Crippen LogP contribution in [0.4, 0.5) is 0 Å². The fourth-order valence-corrected chi connectivity index (χ4v) is 3.04. The molecule has 2 nitrogen and oxygen atoms in total. The van der Waals surface area contributed by atoms with Crippen molar-refractivity contribution < 1.29 is 4.74 Å². The number of thiophene rings is 1. The maximum absolute atomic E-state index is 5.26. The standard InChI is InChI=1S/C15H19NOS/c1-11(16-2)14-8-9-15(18-14)13-7-5-4-6-12(13)10-17-3/h4-9,11,16H,10H2,1-3H3. The quantitative estimate of drug-likeness (QED) is 0.883. The normalized spacial score (nSPS) is 12.6. The number of nitrogens with one attached hydrogen (secondary N) is 1. The van der Waals surface area contributed by atoms with Gasteiger partial charge in [0.25, 0.3) is 0 Å². The lowest BCUT2D eigenvalue weighted by Crippen LogP contribution is -2.10. The van der Waals surface area contributed by atoms with Crippen molar-refractivity contribution in [2.24, 2.45) is 0 Å². The van der Waals surface area contributed by atoms with Crippen LogP contribution in [0.25, 0.3) is 10.4 Å². The Morgan fingerprint density at radius 1 is 1.22 bits per heavy atom. The van der Waals surface area contributed by atoms with Crippen LogP contribution in [0.2, 0.25) is 0 Å². The number of benzene rings is 1. The van der Waals surface area contributed by atoms with Crippen LogP contribution in [0, 0.1) is 0 Å². The van der Waals surface area contributed by atoms with Gasteiger partial charge in [-0.2, -0.15) is 0 Å². The van der Waals surface area contributed by atoms with E-state index < -0.39 is 0 Å². The van der Waals surface area contributed by atoms with Crippen molar-refractivity contribution in [3.05, 3.63) is 46.8 Å². The molecular weight excluding hydrogens is 242 g/mol. The first-order valence-corrected chi connectivity index (χ1v) is 6.92. The smallest absolute Gasteiger partial charge is 0.0719 e. The summed E-state index contributed by atoms with van der Waals surface area (Å²) in [5.41, 5.74) is 2.52. The molecule has 1 unspecified atom stereocenters. The molecule has 1 heterocycles. The van der Waals surface area contributed by atoms with Gasteiger partial charge in [-0.15, -0.1) is 11.3 Å². The van der Waals surface area contributed by atoms with Crippen molar-refractivity contribution in [1.82, 2.24) is 5.32 Å². The Balaban J connectivity index is 2.33. The molecule has 0 saturated heterocycles. The van der Waals surface area contributed by atoms with E-state index >= 15 is 0 Å². The molecule has 3 heteroatoms. The zero-order valence-corrected chi connectivity index (χ0v) is 11.9. The predicted molar refractivity (Wildman–Crippen MR) is 77.9 cm³/mol. The SMILES string of the molecule is CNC(C)c1ccc(-c2ccccc2COC)s1. The minimum atomic E-state index is 0.401. The van der Waals surface area contributed by atoms with Crippen LogP contribution in [-0.4, -0.2) is 14.2 Å². The molecule has 0 aliphatic carbocycles. The van der Waals surface area contributed by atoms with Gasteiger partial charge < -0.3 is 10.1 Å². The third-order valence-corrected chi connectivity index (χ3v) is 4.37. The third-order valence-electron chi connectivity index (χ3n) is 3.07. The number of hydrogen-bond donors (Lipinski definition) is 1. The topological polar surface area (TPSA) is 21.3 Å². The predicted octanol–water partition coefficient (Wildman–Crippen LogP) is 3.84. The molecule has 2 rings (SSSR count). The van der Waals surface area contributed by atoms with E-state index in [4.69, 9.17) is 4.74 Å². The van der Waals surface area contributed by atoms with Gasteiger partial charge in [0.05, 0.1) is 6.61 Å². The van der Waals surface area contributed by atoms with Crippen molar-refractivity contribution in [1.29, 1.82) is 0 Å². The molecule has 96 valence electrons. The van der Waals surface area contributed by atoms with Crippen LogP contribution in [0.5, 0.6) is 0 Å². The highest BCUT2D eigenvalue weighted by Gasteiger charge is 2.10. The number of rotatable bonds is 5. The Morgan fingerprint density at radius 2 is 2.00 bits per heavy atom. The summed E-state index contributed by atoms with van der Waals surface area (Å²) in [5, 5.41) is 3.27. The van der Waals surface area contributed by atoms with E-state index in [0.29, 0.717) is 12.6 Å². The lowest BCUT2D eigenvalue weighted by molar-refractivity contribution is 0.185. The Kier molecular flexibility index (Phi) is 4.53. The van der Waals surface area contributed by atoms with Crippen LogP contribution in [0.3, 0.4) is 0 Å². The van der Waals surface area contributed by atoms with E-state index in [2.05, 4.69) is 48.6 Å². The van der Waals surface area contributed by atoms with E-state index in [9.17, 15) is 0 Å². The summed E-state index contributed by atoms with van der Waals surface area (Å²) in [6.45, 7) is 2.83. The van der Waals surface area contributed by atoms with Crippen LogP contribution < -0.4 is 5.32 Å². The molecule has 0 fully saturated rings. The van der Waals surface area contributed by atoms with E-state index in [1.54, 1.807) is 7.11 Å². The van der Waals surface area contributed by atoms with Crippen molar-refractivity contribution in [2.75, 3.05) is 14.2 Å². The average Bonchev–Trinajstić information content (AvgIpc) is 2.88. The van der Waals surface area contributed by atoms with Gasteiger partial charge >= 0.3 is 0 Å². The molecular formula is C15H19NOS. The third kappa shape index (κ3) is 2.80. The second-order valence-corrected chi connectivity index (χ2v) is 5.42. The molecule has 0 saturated carbocycles. The van der Waals surface area contributed by atoms with Crippen molar-refractivity contribution >= 4 is 11.3 Å². The highest BCUT2D eigenvalue weighted by molar-refractivity contribution is 7.15. The Hall–Kier alpha value is -1.16. The zero-order chi connectivity index (χ0) is 13.0. The summed E-state index contributed by atoms with van der Waals surface area (Å²) in [5.74, 6) is 0. The fourth-order valence-electron chi connectivity index (χ4n) is 1.91. The van der Waals surface area contributed by atoms with Gasteiger partial charge in [-0.25, -0.2) is 0 Å². The summed E-state index contributed by atoms with van der Waals surface area (Å²) in [6.07, 6.45) is 0. The number of ether oxygens (including phenoxy) is 1. The molecule has 1 N–H and O–H groups in total. The van der Waals surface area contributed by atoms with Gasteiger partial charge in [-0.3, -0.25) is 0 Å². The largest absolute Gasteiger partial charge is 0.380 e.